The number of nitrogens with two attached hydrogens (primary N) is 1. The van der Waals surface area contributed by atoms with Gasteiger partial charge < -0.3 is 10.5 Å². The van der Waals surface area contributed by atoms with Gasteiger partial charge in [0, 0.05) is 28.4 Å². The van der Waals surface area contributed by atoms with Crippen molar-refractivity contribution in [2.75, 3.05) is 0 Å². The van der Waals surface area contributed by atoms with Gasteiger partial charge in [-0.25, -0.2) is 4.98 Å². The van der Waals surface area contributed by atoms with Crippen LogP contribution in [0.25, 0.3) is 0 Å². The van der Waals surface area contributed by atoms with Gasteiger partial charge in [0.05, 0.1) is 10.0 Å². The van der Waals surface area contributed by atoms with Crippen molar-refractivity contribution in [2.45, 2.75) is 0 Å². The van der Waals surface area contributed by atoms with Crippen LogP contribution in [0.15, 0.2) is 34.9 Å². The highest BCUT2D eigenvalue weighted by Gasteiger charge is 2.08. The van der Waals surface area contributed by atoms with Crippen molar-refractivity contribution in [2.24, 2.45) is 5.73 Å². The zero-order valence-electron chi connectivity index (χ0n) is 9.36. The zero-order valence-corrected chi connectivity index (χ0v) is 13.3. The third-order valence-corrected chi connectivity index (χ3v) is 3.94. The Morgan fingerprint density at radius 3 is 2.58 bits per heavy atom. The van der Waals surface area contributed by atoms with Gasteiger partial charge in [0.25, 0.3) is 0 Å². The average Bonchev–Trinajstić information content (AvgIpc) is 2.36. The van der Waals surface area contributed by atoms with Crippen LogP contribution in [0, 0.1) is 0 Å². The first-order valence-electron chi connectivity index (χ1n) is 5.05. The molecule has 0 bridgehead atoms. The van der Waals surface area contributed by atoms with Crippen molar-refractivity contribution < 1.29 is 4.74 Å². The van der Waals surface area contributed by atoms with E-state index in [4.69, 9.17) is 45.9 Å². The highest BCUT2D eigenvalue weighted by Crippen LogP contribution is 2.35. The molecular formula is C12H7BrCl2N2OS. The van der Waals surface area contributed by atoms with Crippen LogP contribution >= 0.6 is 51.3 Å². The second-order valence-corrected chi connectivity index (χ2v) is 5.66. The van der Waals surface area contributed by atoms with Gasteiger partial charge in [-0.3, -0.25) is 0 Å². The Bertz CT molecular complexity index is 634. The molecule has 0 amide bonds. The Morgan fingerprint density at radius 2 is 2.00 bits per heavy atom. The molecular weight excluding hydrogens is 371 g/mol. The standard InChI is InChI=1S/C12H7BrCl2N2OS/c13-7-3-9(15)10(4-8(7)14)18-11-2-1-6(5-17-11)12(16)19/h1-5H,(H2,16,19). The topological polar surface area (TPSA) is 48.1 Å². The molecule has 1 aromatic heterocycles. The molecule has 0 atom stereocenters. The Morgan fingerprint density at radius 1 is 1.26 bits per heavy atom. The molecule has 0 aliphatic heterocycles. The van der Waals surface area contributed by atoms with Crippen molar-refractivity contribution in [3.05, 3.63) is 50.5 Å². The lowest BCUT2D eigenvalue weighted by molar-refractivity contribution is 0.463. The molecule has 1 aromatic carbocycles. The van der Waals surface area contributed by atoms with Gasteiger partial charge in [-0.1, -0.05) is 35.4 Å². The molecule has 0 aliphatic carbocycles. The van der Waals surface area contributed by atoms with Crippen LogP contribution < -0.4 is 10.5 Å². The maximum atomic E-state index is 6.05. The summed E-state index contributed by atoms with van der Waals surface area (Å²) in [7, 11) is 0. The lowest BCUT2D eigenvalue weighted by atomic mass is 10.3. The summed E-state index contributed by atoms with van der Waals surface area (Å²) in [6, 6.07) is 6.64. The van der Waals surface area contributed by atoms with E-state index in [9.17, 15) is 0 Å². The molecule has 0 spiro atoms. The van der Waals surface area contributed by atoms with Crippen LogP contribution in [0.3, 0.4) is 0 Å². The summed E-state index contributed by atoms with van der Waals surface area (Å²) in [5.41, 5.74) is 6.15. The number of pyridine rings is 1. The number of nitrogens with zero attached hydrogens (tertiary/aromatic N) is 1. The Balaban J connectivity index is 2.26. The Labute approximate surface area is 133 Å². The Kier molecular flexibility index (Phi) is 4.62. The molecule has 0 radical (unpaired) electrons. The third-order valence-electron chi connectivity index (χ3n) is 2.21. The second-order valence-electron chi connectivity index (χ2n) is 3.55. The van der Waals surface area contributed by atoms with Crippen LogP contribution in [-0.2, 0) is 0 Å². The van der Waals surface area contributed by atoms with E-state index in [0.29, 0.717) is 31.7 Å². The van der Waals surface area contributed by atoms with Gasteiger partial charge in [0.15, 0.2) is 0 Å². The average molecular weight is 378 g/mol. The fourth-order valence-electron chi connectivity index (χ4n) is 1.28. The second kappa shape index (κ2) is 6.05. The fraction of sp³-hybridized carbons (Fsp3) is 0. The summed E-state index contributed by atoms with van der Waals surface area (Å²) < 4.78 is 6.24. The van der Waals surface area contributed by atoms with Gasteiger partial charge in [-0.05, 0) is 28.1 Å². The highest BCUT2D eigenvalue weighted by atomic mass is 79.9. The van der Waals surface area contributed by atoms with Crippen molar-refractivity contribution in [3.8, 4) is 11.6 Å². The number of rotatable bonds is 3. The molecule has 98 valence electrons. The zero-order chi connectivity index (χ0) is 14.0. The first kappa shape index (κ1) is 14.5. The van der Waals surface area contributed by atoms with Crippen LogP contribution in [-0.4, -0.2) is 9.97 Å². The van der Waals surface area contributed by atoms with Crippen molar-refractivity contribution in [3.63, 3.8) is 0 Å². The molecule has 0 aliphatic rings. The normalized spacial score (nSPS) is 10.3. The maximum absolute atomic E-state index is 6.05. The summed E-state index contributed by atoms with van der Waals surface area (Å²) in [5, 5.41) is 0.927. The molecule has 1 heterocycles. The lowest BCUT2D eigenvalue weighted by Gasteiger charge is -2.08. The maximum Gasteiger partial charge on any atom is 0.219 e. The van der Waals surface area contributed by atoms with E-state index >= 15 is 0 Å². The lowest BCUT2D eigenvalue weighted by Crippen LogP contribution is -2.09. The van der Waals surface area contributed by atoms with Gasteiger partial charge in [-0.2, -0.15) is 0 Å². The van der Waals surface area contributed by atoms with E-state index in [1.54, 1.807) is 24.3 Å². The van der Waals surface area contributed by atoms with E-state index in [0.717, 1.165) is 0 Å². The minimum atomic E-state index is 0.281. The van der Waals surface area contributed by atoms with E-state index in [1.807, 2.05) is 0 Å². The molecule has 2 N–H and O–H groups in total. The summed E-state index contributed by atoms with van der Waals surface area (Å²) in [5.74, 6) is 0.797. The largest absolute Gasteiger partial charge is 0.437 e. The molecule has 7 heteroatoms. The van der Waals surface area contributed by atoms with Crippen LogP contribution in [0.1, 0.15) is 5.56 Å². The predicted molar refractivity (Wildman–Crippen MR) is 84.4 cm³/mol. The third kappa shape index (κ3) is 3.57. The van der Waals surface area contributed by atoms with Gasteiger partial charge in [0.1, 0.15) is 10.7 Å². The van der Waals surface area contributed by atoms with Crippen LogP contribution in [0.5, 0.6) is 11.6 Å². The smallest absolute Gasteiger partial charge is 0.219 e. The van der Waals surface area contributed by atoms with Gasteiger partial charge >= 0.3 is 0 Å². The molecule has 2 aromatic rings. The number of ether oxygens (including phenoxy) is 1. The van der Waals surface area contributed by atoms with E-state index in [1.165, 1.54) is 6.20 Å². The summed E-state index contributed by atoms with van der Waals surface area (Å²) >= 11 is 20.1. The summed E-state index contributed by atoms with van der Waals surface area (Å²) in [6.07, 6.45) is 1.53. The molecule has 0 saturated heterocycles. The molecule has 0 fully saturated rings. The molecule has 19 heavy (non-hydrogen) atoms. The first-order chi connectivity index (χ1) is 8.97. The fourth-order valence-corrected chi connectivity index (χ4v) is 2.23. The molecule has 2 rings (SSSR count). The predicted octanol–water partition coefficient (Wildman–Crippen LogP) is 4.58. The van der Waals surface area contributed by atoms with Crippen molar-refractivity contribution >= 4 is 56.3 Å². The molecule has 3 nitrogen and oxygen atoms in total. The minimum absolute atomic E-state index is 0.281. The number of benzene rings is 1. The summed E-state index contributed by atoms with van der Waals surface area (Å²) in [6.45, 7) is 0. The minimum Gasteiger partial charge on any atom is -0.437 e. The number of halogens is 3. The van der Waals surface area contributed by atoms with Crippen LogP contribution in [0.4, 0.5) is 0 Å². The van der Waals surface area contributed by atoms with Crippen molar-refractivity contribution in [1.29, 1.82) is 0 Å². The van der Waals surface area contributed by atoms with Gasteiger partial charge in [-0.15, -0.1) is 0 Å². The Hall–Kier alpha value is -0.880. The van der Waals surface area contributed by atoms with Crippen molar-refractivity contribution in [1.82, 2.24) is 4.98 Å². The number of hydrogen-bond acceptors (Lipinski definition) is 3. The van der Waals surface area contributed by atoms with E-state index < -0.39 is 0 Å². The van der Waals surface area contributed by atoms with Gasteiger partial charge in [0.2, 0.25) is 5.88 Å². The van der Waals surface area contributed by atoms with Crippen LogP contribution in [0.2, 0.25) is 10.0 Å². The summed E-state index contributed by atoms with van der Waals surface area (Å²) in [4.78, 5) is 4.37. The highest BCUT2D eigenvalue weighted by molar-refractivity contribution is 9.10. The molecule has 0 saturated carbocycles. The van der Waals surface area contributed by atoms with E-state index in [2.05, 4.69) is 20.9 Å². The molecule has 0 unspecified atom stereocenters. The first-order valence-corrected chi connectivity index (χ1v) is 7.01. The quantitative estimate of drug-likeness (QED) is 0.628. The SMILES string of the molecule is NC(=S)c1ccc(Oc2cc(Cl)c(Br)cc2Cl)nc1. The number of aromatic nitrogens is 1. The number of thiocarbonyl (C=S) groups is 1. The van der Waals surface area contributed by atoms with E-state index in [-0.39, 0.29) is 4.99 Å². The number of hydrogen-bond donors (Lipinski definition) is 1. The monoisotopic (exact) mass is 376 g/mol.